The van der Waals surface area contributed by atoms with Crippen molar-refractivity contribution < 1.29 is 33.8 Å². The minimum absolute atomic E-state index is 0.0404. The number of aliphatic carboxylic acids is 1. The van der Waals surface area contributed by atoms with Gasteiger partial charge < -0.3 is 29.7 Å². The van der Waals surface area contributed by atoms with E-state index in [0.717, 1.165) is 11.1 Å². The van der Waals surface area contributed by atoms with Crippen molar-refractivity contribution in [3.63, 3.8) is 0 Å². The average Bonchev–Trinajstić information content (AvgIpc) is 3.23. The molecule has 10 nitrogen and oxygen atoms in total. The fraction of sp³-hybridized carbons (Fsp3) is 0.538. The highest BCUT2D eigenvalue weighted by molar-refractivity contribution is 5.90. The maximum absolute atomic E-state index is 13.5. The van der Waals surface area contributed by atoms with Crippen molar-refractivity contribution in [3.8, 4) is 0 Å². The first-order chi connectivity index (χ1) is 17.0. The van der Waals surface area contributed by atoms with E-state index in [2.05, 4.69) is 5.32 Å². The van der Waals surface area contributed by atoms with Crippen LogP contribution in [0.4, 0.5) is 9.59 Å². The highest BCUT2D eigenvalue weighted by atomic mass is 16.6. The molecular weight excluding hydrogens is 466 g/mol. The Hall–Kier alpha value is -3.56. The largest absolute Gasteiger partial charge is 0.480 e. The molecule has 36 heavy (non-hydrogen) atoms. The van der Waals surface area contributed by atoms with E-state index in [4.69, 9.17) is 9.47 Å². The Labute approximate surface area is 211 Å². The first kappa shape index (κ1) is 27.0. The van der Waals surface area contributed by atoms with Crippen LogP contribution in [0, 0.1) is 5.41 Å². The predicted octanol–water partition coefficient (Wildman–Crippen LogP) is 3.26. The van der Waals surface area contributed by atoms with Gasteiger partial charge in [-0.15, -0.1) is 0 Å². The normalized spacial score (nSPS) is 25.4. The molecule has 2 heterocycles. The summed E-state index contributed by atoms with van der Waals surface area (Å²) < 4.78 is 10.9. The molecule has 2 aliphatic rings. The summed E-state index contributed by atoms with van der Waals surface area (Å²) >= 11 is 0. The summed E-state index contributed by atoms with van der Waals surface area (Å²) in [6.45, 7) is 5.69. The Morgan fingerprint density at radius 2 is 1.89 bits per heavy atom. The molecule has 0 aliphatic carbocycles. The quantitative estimate of drug-likeness (QED) is 0.605. The monoisotopic (exact) mass is 501 g/mol. The van der Waals surface area contributed by atoms with Gasteiger partial charge in [0.1, 0.15) is 18.2 Å². The molecule has 10 heteroatoms. The molecule has 0 radical (unpaired) electrons. The van der Waals surface area contributed by atoms with E-state index >= 15 is 0 Å². The van der Waals surface area contributed by atoms with E-state index < -0.39 is 47.7 Å². The zero-order chi connectivity index (χ0) is 26.5. The Morgan fingerprint density at radius 3 is 2.58 bits per heavy atom. The third-order valence-electron chi connectivity index (χ3n) is 6.29. The molecule has 3 atom stereocenters. The Kier molecular flexibility index (Phi) is 8.60. The number of allylic oxidation sites excluding steroid dienone is 1. The third-order valence-corrected chi connectivity index (χ3v) is 6.29. The van der Waals surface area contributed by atoms with Gasteiger partial charge in [-0.3, -0.25) is 4.79 Å². The number of rotatable bonds is 1. The van der Waals surface area contributed by atoms with Gasteiger partial charge in [0.05, 0.1) is 13.2 Å². The summed E-state index contributed by atoms with van der Waals surface area (Å²) in [5.74, 6) is -1.76. The number of carboxylic acid groups (broad SMARTS) is 1. The first-order valence-corrected chi connectivity index (χ1v) is 12.1. The van der Waals surface area contributed by atoms with Crippen LogP contribution in [-0.2, 0) is 25.6 Å². The van der Waals surface area contributed by atoms with E-state index in [1.54, 1.807) is 27.8 Å². The number of nitrogens with one attached hydrogen (secondary N) is 1. The summed E-state index contributed by atoms with van der Waals surface area (Å²) in [5.41, 5.74) is 1.15. The lowest BCUT2D eigenvalue weighted by molar-refractivity contribution is -0.150. The lowest BCUT2D eigenvalue weighted by Gasteiger charge is -2.34. The highest BCUT2D eigenvalue weighted by Gasteiger charge is 2.46. The van der Waals surface area contributed by atoms with Crippen LogP contribution in [-0.4, -0.2) is 77.4 Å². The van der Waals surface area contributed by atoms with E-state index in [9.17, 15) is 24.3 Å². The maximum Gasteiger partial charge on any atom is 0.410 e. The van der Waals surface area contributed by atoms with Crippen molar-refractivity contribution in [1.82, 2.24) is 15.1 Å². The van der Waals surface area contributed by atoms with Gasteiger partial charge in [0.25, 0.3) is 0 Å². The number of ether oxygens (including phenoxy) is 2. The van der Waals surface area contributed by atoms with Crippen molar-refractivity contribution in [3.05, 3.63) is 41.5 Å². The van der Waals surface area contributed by atoms with Gasteiger partial charge in [0.2, 0.25) is 5.91 Å². The molecule has 3 rings (SSSR count). The van der Waals surface area contributed by atoms with E-state index in [0.29, 0.717) is 19.4 Å². The minimum Gasteiger partial charge on any atom is -0.480 e. The van der Waals surface area contributed by atoms with Gasteiger partial charge in [0.15, 0.2) is 0 Å². The molecule has 196 valence electrons. The number of carbonyl (C=O) groups excluding carboxylic acids is 3. The van der Waals surface area contributed by atoms with Gasteiger partial charge in [-0.25, -0.2) is 14.4 Å². The second-order valence-corrected chi connectivity index (χ2v) is 10.3. The van der Waals surface area contributed by atoms with E-state index in [1.807, 2.05) is 36.4 Å². The van der Waals surface area contributed by atoms with Gasteiger partial charge in [-0.05, 0) is 29.4 Å². The number of fused-ring (bicyclic) bond motifs is 3. The number of carbonyl (C=O) groups is 4. The second-order valence-electron chi connectivity index (χ2n) is 10.3. The zero-order valence-corrected chi connectivity index (χ0v) is 21.2. The smallest absolute Gasteiger partial charge is 0.410 e. The second kappa shape index (κ2) is 11.5. The zero-order valence-electron chi connectivity index (χ0n) is 21.2. The van der Waals surface area contributed by atoms with Crippen LogP contribution in [0.1, 0.15) is 51.2 Å². The van der Waals surface area contributed by atoms with Crippen LogP contribution in [0.25, 0.3) is 6.08 Å². The van der Waals surface area contributed by atoms with Crippen molar-refractivity contribution in [2.45, 2.75) is 64.8 Å². The number of benzene rings is 1. The predicted molar refractivity (Wildman–Crippen MR) is 132 cm³/mol. The SMILES string of the molecule is CN1Cc2ccccc2/C=C/CCCOC(=O)N[C@@H](C(C)(C)C)C(=O)N2C[C@@H](C[C@H]2C(=O)O)OC1=O. The Bertz CT molecular complexity index is 1020. The third kappa shape index (κ3) is 6.77. The van der Waals surface area contributed by atoms with Crippen molar-refractivity contribution >= 4 is 30.1 Å². The standard InChI is InChI=1S/C26H35N3O7/c1-26(2,3)21-22(30)29-16-19(14-20(29)23(31)32)36-25(34)28(4)15-18-12-8-7-11-17(18)10-6-5-9-13-35-24(33)27-21/h6-8,10-12,19-21H,5,9,13-16H2,1-4H3,(H,27,33)(H,31,32)/b10-6+/t19-,20+,21-/m1/s1. The number of nitrogens with zero attached hydrogens (tertiary/aromatic N) is 2. The number of hydrogen-bond acceptors (Lipinski definition) is 6. The van der Waals surface area contributed by atoms with E-state index in [1.165, 1.54) is 9.80 Å². The molecule has 1 aromatic carbocycles. The summed E-state index contributed by atoms with van der Waals surface area (Å²) in [4.78, 5) is 53.3. The maximum atomic E-state index is 13.5. The van der Waals surface area contributed by atoms with Crippen molar-refractivity contribution in [2.24, 2.45) is 5.41 Å². The Morgan fingerprint density at radius 1 is 1.17 bits per heavy atom. The fourth-order valence-electron chi connectivity index (χ4n) is 4.30. The van der Waals surface area contributed by atoms with Gasteiger partial charge >= 0.3 is 18.2 Å². The van der Waals surface area contributed by atoms with Gasteiger partial charge in [-0.1, -0.05) is 57.2 Å². The topological polar surface area (TPSA) is 125 Å². The molecule has 0 saturated carbocycles. The minimum atomic E-state index is -1.20. The number of cyclic esters (lactones) is 1. The summed E-state index contributed by atoms with van der Waals surface area (Å²) in [7, 11) is 1.61. The van der Waals surface area contributed by atoms with Crippen LogP contribution >= 0.6 is 0 Å². The molecule has 0 unspecified atom stereocenters. The number of alkyl carbamates (subject to hydrolysis) is 1. The van der Waals surface area contributed by atoms with Crippen molar-refractivity contribution in [1.29, 1.82) is 0 Å². The summed E-state index contributed by atoms with van der Waals surface area (Å²) in [5, 5.41) is 12.4. The molecule has 2 N–H and O–H groups in total. The van der Waals surface area contributed by atoms with Crippen LogP contribution in [0.2, 0.25) is 0 Å². The molecule has 3 amide bonds. The highest BCUT2D eigenvalue weighted by Crippen LogP contribution is 2.28. The molecule has 1 aromatic rings. The molecule has 1 fully saturated rings. The summed E-state index contributed by atoms with van der Waals surface area (Å²) in [6, 6.07) is 5.45. The number of amides is 3. The van der Waals surface area contributed by atoms with Crippen LogP contribution in [0.15, 0.2) is 30.3 Å². The van der Waals surface area contributed by atoms with Crippen molar-refractivity contribution in [2.75, 3.05) is 20.2 Å². The number of carboxylic acids is 1. The van der Waals surface area contributed by atoms with Crippen LogP contribution in [0.3, 0.4) is 0 Å². The van der Waals surface area contributed by atoms with Gasteiger partial charge in [-0.2, -0.15) is 0 Å². The molecule has 2 bridgehead atoms. The molecule has 1 saturated heterocycles. The van der Waals surface area contributed by atoms with E-state index in [-0.39, 0.29) is 19.6 Å². The Balaban J connectivity index is 1.89. The average molecular weight is 502 g/mol. The van der Waals surface area contributed by atoms with Gasteiger partial charge in [0, 0.05) is 20.0 Å². The molecule has 2 aliphatic heterocycles. The molecular formula is C26H35N3O7. The van der Waals surface area contributed by atoms with Crippen LogP contribution < -0.4 is 5.32 Å². The lowest BCUT2D eigenvalue weighted by Crippen LogP contribution is -2.57. The lowest BCUT2D eigenvalue weighted by atomic mass is 9.85. The first-order valence-electron chi connectivity index (χ1n) is 12.1. The molecule has 0 aromatic heterocycles. The number of hydrogen-bond donors (Lipinski definition) is 2. The summed E-state index contributed by atoms with van der Waals surface area (Å²) in [6.07, 6.45) is 3.00. The fourth-order valence-corrected chi connectivity index (χ4v) is 4.30. The molecule has 0 spiro atoms. The van der Waals surface area contributed by atoms with Crippen LogP contribution in [0.5, 0.6) is 0 Å².